The summed E-state index contributed by atoms with van der Waals surface area (Å²) in [6.45, 7) is 4.15. The number of fused-ring (bicyclic) bond motifs is 4. The highest BCUT2D eigenvalue weighted by atomic mass is 32.2. The van der Waals surface area contributed by atoms with Crippen molar-refractivity contribution in [3.63, 3.8) is 0 Å². The van der Waals surface area contributed by atoms with E-state index in [-0.39, 0.29) is 5.56 Å². The van der Waals surface area contributed by atoms with Crippen molar-refractivity contribution in [1.29, 1.82) is 0 Å². The van der Waals surface area contributed by atoms with Gasteiger partial charge in [-0.3, -0.25) is 4.79 Å². The fourth-order valence-electron chi connectivity index (χ4n) is 3.50. The summed E-state index contributed by atoms with van der Waals surface area (Å²) < 4.78 is 1.39. The van der Waals surface area contributed by atoms with Crippen molar-refractivity contribution in [2.45, 2.75) is 43.9 Å². The fraction of sp³-hybridized carbons (Fsp3) is 0.389. The van der Waals surface area contributed by atoms with Gasteiger partial charge in [-0.25, -0.2) is 15.0 Å². The molecule has 0 aromatic carbocycles. The third-order valence-corrected chi connectivity index (χ3v) is 8.06. The second-order valence-electron chi connectivity index (χ2n) is 6.93. The number of thiophene rings is 1. The second kappa shape index (κ2) is 6.65. The number of hydrogen-bond donors (Lipinski definition) is 0. The second-order valence-corrected chi connectivity index (χ2v) is 10.0. The third-order valence-electron chi connectivity index (χ3n) is 4.80. The molecule has 0 saturated heterocycles. The summed E-state index contributed by atoms with van der Waals surface area (Å²) >= 11 is 4.94. The molecule has 0 saturated carbocycles. The van der Waals surface area contributed by atoms with Gasteiger partial charge in [-0.15, -0.1) is 11.3 Å². The van der Waals surface area contributed by atoms with Gasteiger partial charge in [0.05, 0.1) is 5.75 Å². The Hall–Kier alpha value is -1.84. The highest BCUT2D eigenvalue weighted by molar-refractivity contribution is 7.98. The van der Waals surface area contributed by atoms with E-state index in [1.165, 1.54) is 44.2 Å². The summed E-state index contributed by atoms with van der Waals surface area (Å²) in [6.07, 6.45) is 5.14. The first kappa shape index (κ1) is 17.3. The third kappa shape index (κ3) is 3.07. The van der Waals surface area contributed by atoms with Crippen molar-refractivity contribution in [2.75, 3.05) is 0 Å². The lowest BCUT2D eigenvalue weighted by Crippen LogP contribution is -2.14. The van der Waals surface area contributed by atoms with Gasteiger partial charge >= 0.3 is 0 Å². The van der Waals surface area contributed by atoms with E-state index in [9.17, 15) is 4.79 Å². The smallest absolute Gasteiger partial charge is 0.267 e. The Kier molecular flexibility index (Phi) is 4.25. The molecule has 1 aliphatic carbocycles. The molecule has 0 spiro atoms. The molecule has 0 unspecified atom stereocenters. The lowest BCUT2D eigenvalue weighted by molar-refractivity contribution is 0.509. The molecule has 0 bridgehead atoms. The summed E-state index contributed by atoms with van der Waals surface area (Å²) in [6, 6.07) is 1.51. The average Bonchev–Trinajstić information content (AvgIpc) is 3.20. The molecule has 0 aliphatic heterocycles. The van der Waals surface area contributed by atoms with Crippen LogP contribution in [0.3, 0.4) is 0 Å². The molecule has 4 aromatic heterocycles. The number of aryl methyl sites for hydroxylation is 2. The van der Waals surface area contributed by atoms with Crippen LogP contribution in [0.1, 0.15) is 34.5 Å². The monoisotopic (exact) mass is 415 g/mol. The number of hydrogen-bond acceptors (Lipinski definition) is 8. The molecule has 9 heteroatoms. The Morgan fingerprint density at radius 3 is 3.11 bits per heavy atom. The largest absolute Gasteiger partial charge is 0.275 e. The quantitative estimate of drug-likeness (QED) is 0.373. The van der Waals surface area contributed by atoms with Crippen LogP contribution in [0.25, 0.3) is 15.2 Å². The minimum atomic E-state index is -0.129. The van der Waals surface area contributed by atoms with Crippen molar-refractivity contribution in [1.82, 2.24) is 24.6 Å². The van der Waals surface area contributed by atoms with Gasteiger partial charge in [0.2, 0.25) is 4.96 Å². The van der Waals surface area contributed by atoms with Gasteiger partial charge in [0.1, 0.15) is 21.2 Å². The SMILES string of the molecule is Cc1cc(=O)n2nc(CSc3ncnc4sc5c(c34)CC[C@@H](C)C5)sc2n1. The van der Waals surface area contributed by atoms with Crippen molar-refractivity contribution in [2.24, 2.45) is 5.92 Å². The van der Waals surface area contributed by atoms with E-state index in [0.29, 0.717) is 10.7 Å². The topological polar surface area (TPSA) is 73.0 Å². The van der Waals surface area contributed by atoms with Gasteiger partial charge in [-0.05, 0) is 37.7 Å². The predicted octanol–water partition coefficient (Wildman–Crippen LogP) is 3.88. The molecule has 6 nitrogen and oxygen atoms in total. The zero-order valence-electron chi connectivity index (χ0n) is 14.9. The average molecular weight is 416 g/mol. The van der Waals surface area contributed by atoms with Crippen molar-refractivity contribution in [3.05, 3.63) is 43.9 Å². The van der Waals surface area contributed by atoms with Gasteiger partial charge in [0.25, 0.3) is 5.56 Å². The Morgan fingerprint density at radius 2 is 2.22 bits per heavy atom. The van der Waals surface area contributed by atoms with Crippen molar-refractivity contribution < 1.29 is 0 Å². The molecule has 138 valence electrons. The first-order valence-corrected chi connectivity index (χ1v) is 11.4. The standard InChI is InChI=1S/C18H17N5OS3/c1-9-3-4-11-12(5-9)26-17-15(11)16(19-8-20-17)25-7-13-22-23-14(24)6-10(2)21-18(23)27-13/h6,8-9H,3-5,7H2,1-2H3/t9-/m1/s1. The van der Waals surface area contributed by atoms with Gasteiger partial charge in [-0.2, -0.15) is 9.61 Å². The van der Waals surface area contributed by atoms with Crippen LogP contribution >= 0.6 is 34.4 Å². The van der Waals surface area contributed by atoms with Gasteiger partial charge < -0.3 is 0 Å². The van der Waals surface area contributed by atoms with Gasteiger partial charge in [0, 0.05) is 22.0 Å². The van der Waals surface area contributed by atoms with E-state index in [4.69, 9.17) is 0 Å². The maximum atomic E-state index is 12.1. The Balaban J connectivity index is 1.49. The summed E-state index contributed by atoms with van der Waals surface area (Å²) in [7, 11) is 0. The summed E-state index contributed by atoms with van der Waals surface area (Å²) in [5, 5.41) is 7.55. The first-order chi connectivity index (χ1) is 13.1. The van der Waals surface area contributed by atoms with Crippen LogP contribution in [0.5, 0.6) is 0 Å². The van der Waals surface area contributed by atoms with E-state index in [0.717, 1.165) is 39.3 Å². The Bertz CT molecular complexity index is 1230. The number of thioether (sulfide) groups is 1. The Morgan fingerprint density at radius 1 is 1.33 bits per heavy atom. The maximum Gasteiger partial charge on any atom is 0.275 e. The van der Waals surface area contributed by atoms with E-state index in [2.05, 4.69) is 27.0 Å². The van der Waals surface area contributed by atoms with Crippen LogP contribution in [0, 0.1) is 12.8 Å². The molecule has 4 aromatic rings. The molecule has 0 N–H and O–H groups in total. The lowest BCUT2D eigenvalue weighted by atomic mass is 9.89. The minimum absolute atomic E-state index is 0.129. The van der Waals surface area contributed by atoms with Crippen molar-refractivity contribution in [3.8, 4) is 0 Å². The van der Waals surface area contributed by atoms with Crippen LogP contribution in [-0.4, -0.2) is 24.6 Å². The molecule has 0 fully saturated rings. The molecule has 0 amide bonds. The molecule has 27 heavy (non-hydrogen) atoms. The number of rotatable bonds is 3. The molecule has 5 rings (SSSR count). The highest BCUT2D eigenvalue weighted by Gasteiger charge is 2.23. The predicted molar refractivity (Wildman–Crippen MR) is 110 cm³/mol. The van der Waals surface area contributed by atoms with E-state index in [1.54, 1.807) is 18.1 Å². The molecule has 1 aliphatic rings. The molecular weight excluding hydrogens is 398 g/mol. The lowest BCUT2D eigenvalue weighted by Gasteiger charge is -2.18. The summed E-state index contributed by atoms with van der Waals surface area (Å²) in [5.41, 5.74) is 2.03. The molecule has 1 atom stereocenters. The normalized spacial score (nSPS) is 16.9. The van der Waals surface area contributed by atoms with E-state index >= 15 is 0 Å². The molecule has 0 radical (unpaired) electrons. The molecular formula is C18H17N5OS3. The summed E-state index contributed by atoms with van der Waals surface area (Å²) in [5.74, 6) is 1.41. The van der Waals surface area contributed by atoms with Gasteiger partial charge in [0.15, 0.2) is 0 Å². The van der Waals surface area contributed by atoms with Crippen LogP contribution in [0.15, 0.2) is 22.2 Å². The van der Waals surface area contributed by atoms with Crippen LogP contribution < -0.4 is 5.56 Å². The minimum Gasteiger partial charge on any atom is -0.267 e. The fourth-order valence-corrected chi connectivity index (χ4v) is 6.88. The van der Waals surface area contributed by atoms with E-state index in [1.807, 2.05) is 18.3 Å². The van der Waals surface area contributed by atoms with Crippen molar-refractivity contribution >= 4 is 49.6 Å². The van der Waals surface area contributed by atoms with E-state index < -0.39 is 0 Å². The summed E-state index contributed by atoms with van der Waals surface area (Å²) in [4.78, 5) is 28.7. The van der Waals surface area contributed by atoms with Gasteiger partial charge in [-0.1, -0.05) is 30.0 Å². The zero-order chi connectivity index (χ0) is 18.5. The first-order valence-electron chi connectivity index (χ1n) is 8.83. The van der Waals surface area contributed by atoms with Crippen LogP contribution in [-0.2, 0) is 18.6 Å². The number of nitrogens with zero attached hydrogens (tertiary/aromatic N) is 5. The van der Waals surface area contributed by atoms with Crippen LogP contribution in [0.2, 0.25) is 0 Å². The van der Waals surface area contributed by atoms with Crippen LogP contribution in [0.4, 0.5) is 0 Å². The molecule has 4 heterocycles. The zero-order valence-corrected chi connectivity index (χ0v) is 17.4. The number of aromatic nitrogens is 5. The maximum absolute atomic E-state index is 12.1. The Labute approximate surface area is 167 Å². The highest BCUT2D eigenvalue weighted by Crippen LogP contribution is 2.41.